The number of ether oxygens (including phenoxy) is 1. The zero-order valence-electron chi connectivity index (χ0n) is 45.6. The highest BCUT2D eigenvalue weighted by Gasteiger charge is 2.24. The minimum Gasteiger partial charge on any atom is -0.462 e. The summed E-state index contributed by atoms with van der Waals surface area (Å²) in [4.78, 5) is 26.3. The van der Waals surface area contributed by atoms with E-state index in [1.54, 1.807) is 0 Å². The first-order valence-corrected chi connectivity index (χ1v) is 30.4. The van der Waals surface area contributed by atoms with Crippen molar-refractivity contribution in [1.29, 1.82) is 0 Å². The summed E-state index contributed by atoms with van der Waals surface area (Å²) < 4.78 is 5.98. The van der Waals surface area contributed by atoms with Crippen molar-refractivity contribution in [2.75, 3.05) is 6.61 Å². The van der Waals surface area contributed by atoms with Crippen LogP contribution in [-0.4, -0.2) is 46.9 Å². The van der Waals surface area contributed by atoms with Gasteiger partial charge < -0.3 is 20.3 Å². The number of unbranched alkanes of at least 4 members (excludes halogenated alkanes) is 42. The molecule has 0 aromatic carbocycles. The molecule has 3 N–H and O–H groups in total. The van der Waals surface area contributed by atoms with Gasteiger partial charge in [0.2, 0.25) is 5.91 Å². The Morgan fingerprint density at radius 1 is 0.418 bits per heavy atom. The number of nitrogens with one attached hydrogen (secondary N) is 1. The zero-order valence-corrected chi connectivity index (χ0v) is 45.6. The van der Waals surface area contributed by atoms with E-state index < -0.39 is 18.2 Å². The second kappa shape index (κ2) is 55.5. The van der Waals surface area contributed by atoms with Crippen molar-refractivity contribution in [3.05, 3.63) is 12.2 Å². The van der Waals surface area contributed by atoms with Crippen molar-refractivity contribution >= 4 is 11.9 Å². The fraction of sp³-hybridized carbons (Fsp3) is 0.934. The predicted octanol–water partition coefficient (Wildman–Crippen LogP) is 18.9. The molecule has 0 saturated carbocycles. The summed E-state index contributed by atoms with van der Waals surface area (Å²) in [6.45, 7) is 6.53. The Morgan fingerprint density at radius 3 is 1.06 bits per heavy atom. The summed E-state index contributed by atoms with van der Waals surface area (Å²) in [7, 11) is 0. The van der Waals surface area contributed by atoms with Crippen LogP contribution in [0.25, 0.3) is 0 Å². The molecule has 0 aromatic heterocycles. The highest BCUT2D eigenvalue weighted by molar-refractivity contribution is 5.77. The number of aliphatic hydroxyl groups excluding tert-OH is 2. The van der Waals surface area contributed by atoms with Gasteiger partial charge >= 0.3 is 5.97 Å². The van der Waals surface area contributed by atoms with Gasteiger partial charge in [0.1, 0.15) is 6.10 Å². The average molecular weight is 947 g/mol. The summed E-state index contributed by atoms with van der Waals surface area (Å²) in [5, 5.41) is 23.9. The van der Waals surface area contributed by atoms with Crippen LogP contribution in [0.15, 0.2) is 12.2 Å². The van der Waals surface area contributed by atoms with E-state index in [2.05, 4.69) is 38.2 Å². The third-order valence-electron chi connectivity index (χ3n) is 14.3. The van der Waals surface area contributed by atoms with Crippen molar-refractivity contribution in [2.45, 2.75) is 360 Å². The Labute approximate surface area is 419 Å². The smallest absolute Gasteiger partial charge is 0.306 e. The highest BCUT2D eigenvalue weighted by atomic mass is 16.5. The molecule has 0 radical (unpaired) electrons. The second-order valence-corrected chi connectivity index (χ2v) is 21.1. The topological polar surface area (TPSA) is 95.9 Å². The number of amides is 1. The minimum absolute atomic E-state index is 0.0825. The molecule has 1 amide bonds. The normalized spacial score (nSPS) is 13.1. The van der Waals surface area contributed by atoms with E-state index in [0.29, 0.717) is 19.3 Å². The maximum atomic E-state index is 13.3. The van der Waals surface area contributed by atoms with Crippen LogP contribution < -0.4 is 5.32 Å². The van der Waals surface area contributed by atoms with E-state index in [9.17, 15) is 19.8 Å². The van der Waals surface area contributed by atoms with Gasteiger partial charge in [-0.2, -0.15) is 0 Å². The first kappa shape index (κ1) is 65.6. The molecular formula is C61H119NO5. The number of allylic oxidation sites excluding steroid dienone is 2. The molecule has 0 saturated heterocycles. The summed E-state index contributed by atoms with van der Waals surface area (Å²) >= 11 is 0. The molecule has 0 heterocycles. The van der Waals surface area contributed by atoms with Gasteiger partial charge in [-0.05, 0) is 51.4 Å². The zero-order chi connectivity index (χ0) is 48.8. The molecule has 0 aliphatic rings. The van der Waals surface area contributed by atoms with E-state index in [1.807, 2.05) is 0 Å². The first-order valence-electron chi connectivity index (χ1n) is 30.4. The Hall–Kier alpha value is -1.40. The monoisotopic (exact) mass is 946 g/mol. The standard InChI is InChI=1S/C61H119NO5/c1-4-7-10-13-16-19-22-25-27-29-31-33-36-39-42-45-48-51-54-61(66)67-57(52-49-46-43-40-37-35-32-30-28-26-23-20-17-14-11-8-5-2)55-60(65)62-58(56-63)59(64)53-50-47-44-41-38-34-24-21-18-15-12-9-6-3/h31,33,57-59,63-64H,4-30,32,34-56H2,1-3H3,(H,62,65)/b33-31+. The van der Waals surface area contributed by atoms with Crippen LogP contribution in [0.3, 0.4) is 0 Å². The molecule has 0 aromatic rings. The van der Waals surface area contributed by atoms with Crippen LogP contribution >= 0.6 is 0 Å². The number of rotatable bonds is 56. The quantitative estimate of drug-likeness (QED) is 0.0321. The van der Waals surface area contributed by atoms with Crippen molar-refractivity contribution in [1.82, 2.24) is 5.32 Å². The maximum absolute atomic E-state index is 13.3. The molecule has 398 valence electrons. The van der Waals surface area contributed by atoms with Gasteiger partial charge in [0.15, 0.2) is 0 Å². The Bertz CT molecular complexity index is 1020. The van der Waals surface area contributed by atoms with Crippen molar-refractivity contribution in [3.8, 4) is 0 Å². The fourth-order valence-corrected chi connectivity index (χ4v) is 9.72. The lowest BCUT2D eigenvalue weighted by molar-refractivity contribution is -0.151. The van der Waals surface area contributed by atoms with Crippen LogP contribution in [0.4, 0.5) is 0 Å². The lowest BCUT2D eigenvalue weighted by atomic mass is 10.0. The molecular weight excluding hydrogens is 827 g/mol. The van der Waals surface area contributed by atoms with Crippen molar-refractivity contribution in [3.63, 3.8) is 0 Å². The molecule has 3 atom stereocenters. The largest absolute Gasteiger partial charge is 0.462 e. The molecule has 0 fully saturated rings. The number of aliphatic hydroxyl groups is 2. The number of carbonyl (C=O) groups excluding carboxylic acids is 2. The molecule has 0 bridgehead atoms. The molecule has 0 aliphatic carbocycles. The molecule has 6 heteroatoms. The Morgan fingerprint density at radius 2 is 0.716 bits per heavy atom. The lowest BCUT2D eigenvalue weighted by Crippen LogP contribution is -2.46. The van der Waals surface area contributed by atoms with Crippen LogP contribution in [0.5, 0.6) is 0 Å². The maximum Gasteiger partial charge on any atom is 0.306 e. The molecule has 0 rings (SSSR count). The van der Waals surface area contributed by atoms with Gasteiger partial charge in [0, 0.05) is 6.42 Å². The second-order valence-electron chi connectivity index (χ2n) is 21.1. The first-order chi connectivity index (χ1) is 33.0. The summed E-state index contributed by atoms with van der Waals surface area (Å²) in [6.07, 6.45) is 64.3. The van der Waals surface area contributed by atoms with Gasteiger partial charge in [-0.1, -0.05) is 290 Å². The Kier molecular flexibility index (Phi) is 54.4. The summed E-state index contributed by atoms with van der Waals surface area (Å²) in [6, 6.07) is -0.697. The third kappa shape index (κ3) is 50.8. The number of carbonyl (C=O) groups is 2. The SMILES string of the molecule is CCCCCCCCCCC/C=C/CCCCCCCC(=O)OC(CCCCCCCCCCCCCCCCCCC)CC(=O)NC(CO)C(O)CCCCCCCCCCCCCCC. The summed E-state index contributed by atoms with van der Waals surface area (Å²) in [5.41, 5.74) is 0. The van der Waals surface area contributed by atoms with Crippen LogP contribution in [0, 0.1) is 0 Å². The van der Waals surface area contributed by atoms with Gasteiger partial charge in [-0.25, -0.2) is 0 Å². The van der Waals surface area contributed by atoms with E-state index >= 15 is 0 Å². The molecule has 0 spiro atoms. The van der Waals surface area contributed by atoms with Gasteiger partial charge in [0.25, 0.3) is 0 Å². The lowest BCUT2D eigenvalue weighted by Gasteiger charge is -2.24. The van der Waals surface area contributed by atoms with E-state index in [-0.39, 0.29) is 24.9 Å². The number of hydrogen-bond donors (Lipinski definition) is 3. The van der Waals surface area contributed by atoms with Gasteiger partial charge in [0.05, 0.1) is 25.2 Å². The van der Waals surface area contributed by atoms with E-state index in [1.165, 1.54) is 244 Å². The van der Waals surface area contributed by atoms with Gasteiger partial charge in [-0.15, -0.1) is 0 Å². The Balaban J connectivity index is 4.51. The third-order valence-corrected chi connectivity index (χ3v) is 14.3. The minimum atomic E-state index is -0.784. The average Bonchev–Trinajstić information content (AvgIpc) is 3.32. The molecule has 3 unspecified atom stereocenters. The molecule has 0 aliphatic heterocycles. The van der Waals surface area contributed by atoms with E-state index in [4.69, 9.17) is 4.74 Å². The highest BCUT2D eigenvalue weighted by Crippen LogP contribution is 2.19. The van der Waals surface area contributed by atoms with Gasteiger partial charge in [-0.3, -0.25) is 9.59 Å². The summed E-state index contributed by atoms with van der Waals surface area (Å²) in [5.74, 6) is -0.458. The van der Waals surface area contributed by atoms with Crippen LogP contribution in [0.2, 0.25) is 0 Å². The van der Waals surface area contributed by atoms with Crippen molar-refractivity contribution in [2.24, 2.45) is 0 Å². The van der Waals surface area contributed by atoms with Crippen LogP contribution in [0.1, 0.15) is 342 Å². The predicted molar refractivity (Wildman–Crippen MR) is 292 cm³/mol. The molecule has 6 nitrogen and oxygen atoms in total. The van der Waals surface area contributed by atoms with E-state index in [0.717, 1.165) is 51.4 Å². The number of hydrogen-bond acceptors (Lipinski definition) is 5. The molecule has 67 heavy (non-hydrogen) atoms. The van der Waals surface area contributed by atoms with Crippen LogP contribution in [-0.2, 0) is 14.3 Å². The number of esters is 1. The van der Waals surface area contributed by atoms with Crippen molar-refractivity contribution < 1.29 is 24.5 Å². The fourth-order valence-electron chi connectivity index (χ4n) is 9.72.